The van der Waals surface area contributed by atoms with Gasteiger partial charge in [-0.3, -0.25) is 4.79 Å². The van der Waals surface area contributed by atoms with Crippen molar-refractivity contribution in [2.45, 2.75) is 32.0 Å². The Morgan fingerprint density at radius 2 is 1.87 bits per heavy atom. The van der Waals surface area contributed by atoms with E-state index in [1.165, 1.54) is 11.8 Å². The third-order valence-electron chi connectivity index (χ3n) is 2.15. The first kappa shape index (κ1) is 13.9. The van der Waals surface area contributed by atoms with Crippen LogP contribution in [-0.2, 0) is 9.59 Å². The second-order valence-electron chi connectivity index (χ2n) is 3.43. The maximum Gasteiger partial charge on any atom is 0.335 e. The molecule has 0 aromatic carbocycles. The molecule has 0 bridgehead atoms. The molecule has 6 nitrogen and oxygen atoms in total. The summed E-state index contributed by atoms with van der Waals surface area (Å²) in [6, 6.07) is 0. The van der Waals surface area contributed by atoms with Crippen LogP contribution in [0.2, 0.25) is 0 Å². The summed E-state index contributed by atoms with van der Waals surface area (Å²) in [4.78, 5) is 22.5. The van der Waals surface area contributed by atoms with Gasteiger partial charge in [0.05, 0.1) is 6.10 Å². The van der Waals surface area contributed by atoms with E-state index >= 15 is 0 Å². The van der Waals surface area contributed by atoms with Crippen molar-refractivity contribution in [2.75, 3.05) is 13.6 Å². The number of aliphatic hydroxyl groups is 2. The van der Waals surface area contributed by atoms with Crippen LogP contribution in [0, 0.1) is 0 Å². The quantitative estimate of drug-likeness (QED) is 0.535. The predicted octanol–water partition coefficient (Wildman–Crippen LogP) is -0.949. The minimum Gasteiger partial charge on any atom is -0.479 e. The predicted molar refractivity (Wildman–Crippen MR) is 52.2 cm³/mol. The SMILES string of the molecule is CC(=O)N(C)CCCC(O)C(O)C(=O)O. The number of carbonyl (C=O) groups excluding carboxylic acids is 1. The molecule has 0 aliphatic rings. The molecule has 0 saturated carbocycles. The normalized spacial score (nSPS) is 14.4. The maximum absolute atomic E-state index is 10.8. The molecule has 3 N–H and O–H groups in total. The number of amides is 1. The Labute approximate surface area is 88.1 Å². The van der Waals surface area contributed by atoms with Crippen LogP contribution in [0.1, 0.15) is 19.8 Å². The van der Waals surface area contributed by atoms with Gasteiger partial charge in [0.2, 0.25) is 5.91 Å². The second-order valence-corrected chi connectivity index (χ2v) is 3.43. The Bertz CT molecular complexity index is 231. The van der Waals surface area contributed by atoms with Crippen molar-refractivity contribution < 1.29 is 24.9 Å². The Morgan fingerprint density at radius 3 is 2.27 bits per heavy atom. The molecular formula is C9H17NO5. The molecule has 2 atom stereocenters. The van der Waals surface area contributed by atoms with Gasteiger partial charge in [0.15, 0.2) is 6.10 Å². The van der Waals surface area contributed by atoms with Gasteiger partial charge in [0, 0.05) is 20.5 Å². The topological polar surface area (TPSA) is 98.1 Å². The number of carboxylic acid groups (broad SMARTS) is 1. The van der Waals surface area contributed by atoms with Gasteiger partial charge in [0.1, 0.15) is 0 Å². The molecule has 1 amide bonds. The smallest absolute Gasteiger partial charge is 0.335 e. The van der Waals surface area contributed by atoms with Crippen molar-refractivity contribution in [1.29, 1.82) is 0 Å². The fourth-order valence-corrected chi connectivity index (χ4v) is 1.02. The van der Waals surface area contributed by atoms with Crippen LogP contribution in [0.3, 0.4) is 0 Å². The molecule has 0 aliphatic heterocycles. The average molecular weight is 219 g/mol. The molecule has 15 heavy (non-hydrogen) atoms. The van der Waals surface area contributed by atoms with Crippen molar-refractivity contribution >= 4 is 11.9 Å². The van der Waals surface area contributed by atoms with Crippen molar-refractivity contribution in [1.82, 2.24) is 4.90 Å². The molecular weight excluding hydrogens is 202 g/mol. The van der Waals surface area contributed by atoms with Crippen molar-refractivity contribution in [3.8, 4) is 0 Å². The fraction of sp³-hybridized carbons (Fsp3) is 0.778. The summed E-state index contributed by atoms with van der Waals surface area (Å²) in [6.07, 6.45) is -2.46. The lowest BCUT2D eigenvalue weighted by Gasteiger charge is -2.17. The van der Waals surface area contributed by atoms with Gasteiger partial charge in [-0.05, 0) is 12.8 Å². The summed E-state index contributed by atoms with van der Waals surface area (Å²) in [6.45, 7) is 1.85. The third-order valence-corrected chi connectivity index (χ3v) is 2.15. The molecule has 0 aromatic heterocycles. The van der Waals surface area contributed by atoms with Gasteiger partial charge >= 0.3 is 5.97 Å². The van der Waals surface area contributed by atoms with E-state index in [9.17, 15) is 14.7 Å². The third kappa shape index (κ3) is 5.34. The van der Waals surface area contributed by atoms with Crippen molar-refractivity contribution in [2.24, 2.45) is 0 Å². The standard InChI is InChI=1S/C9H17NO5/c1-6(11)10(2)5-3-4-7(12)8(13)9(14)15/h7-8,12-13H,3-5H2,1-2H3,(H,14,15). The van der Waals surface area contributed by atoms with Gasteiger partial charge < -0.3 is 20.2 Å². The van der Waals surface area contributed by atoms with Crippen LogP contribution in [0.25, 0.3) is 0 Å². The van der Waals surface area contributed by atoms with Crippen molar-refractivity contribution in [3.05, 3.63) is 0 Å². The molecule has 2 unspecified atom stereocenters. The molecule has 0 fully saturated rings. The van der Waals surface area contributed by atoms with E-state index in [-0.39, 0.29) is 12.3 Å². The van der Waals surface area contributed by atoms with E-state index in [4.69, 9.17) is 10.2 Å². The van der Waals surface area contributed by atoms with Gasteiger partial charge in [-0.1, -0.05) is 0 Å². The zero-order chi connectivity index (χ0) is 12.0. The molecule has 0 saturated heterocycles. The summed E-state index contributed by atoms with van der Waals surface area (Å²) < 4.78 is 0. The van der Waals surface area contributed by atoms with Gasteiger partial charge in [-0.25, -0.2) is 4.79 Å². The minimum atomic E-state index is -1.76. The number of aliphatic carboxylic acids is 1. The molecule has 0 radical (unpaired) electrons. The highest BCUT2D eigenvalue weighted by Gasteiger charge is 2.22. The first-order valence-corrected chi connectivity index (χ1v) is 4.67. The van der Waals surface area contributed by atoms with E-state index < -0.39 is 18.2 Å². The number of hydrogen-bond acceptors (Lipinski definition) is 4. The summed E-state index contributed by atoms with van der Waals surface area (Å²) in [5.41, 5.74) is 0. The van der Waals surface area contributed by atoms with Gasteiger partial charge in [0.25, 0.3) is 0 Å². The van der Waals surface area contributed by atoms with Gasteiger partial charge in [-0.2, -0.15) is 0 Å². The van der Waals surface area contributed by atoms with Crippen LogP contribution in [-0.4, -0.2) is 57.9 Å². The molecule has 0 aromatic rings. The fourth-order valence-electron chi connectivity index (χ4n) is 1.02. The molecule has 88 valence electrons. The summed E-state index contributed by atoms with van der Waals surface area (Å²) in [7, 11) is 1.61. The number of aliphatic hydroxyl groups excluding tert-OH is 2. The molecule has 6 heteroatoms. The monoisotopic (exact) mass is 219 g/mol. The van der Waals surface area contributed by atoms with E-state index in [1.54, 1.807) is 7.05 Å². The summed E-state index contributed by atoms with van der Waals surface area (Å²) >= 11 is 0. The number of carboxylic acids is 1. The van der Waals surface area contributed by atoms with Crippen LogP contribution in [0.5, 0.6) is 0 Å². The Morgan fingerprint density at radius 1 is 1.33 bits per heavy atom. The van der Waals surface area contributed by atoms with Crippen molar-refractivity contribution in [3.63, 3.8) is 0 Å². The van der Waals surface area contributed by atoms with E-state index in [0.29, 0.717) is 13.0 Å². The highest BCUT2D eigenvalue weighted by Crippen LogP contribution is 2.04. The van der Waals surface area contributed by atoms with Crippen LogP contribution in [0.4, 0.5) is 0 Å². The lowest BCUT2D eigenvalue weighted by Crippen LogP contribution is -2.34. The Hall–Kier alpha value is -1.14. The molecule has 0 aliphatic carbocycles. The van der Waals surface area contributed by atoms with Gasteiger partial charge in [-0.15, -0.1) is 0 Å². The van der Waals surface area contributed by atoms with E-state index in [2.05, 4.69) is 0 Å². The Kier molecular flexibility index (Phi) is 5.88. The lowest BCUT2D eigenvalue weighted by molar-refractivity contribution is -0.153. The zero-order valence-corrected chi connectivity index (χ0v) is 8.88. The van der Waals surface area contributed by atoms with Crippen LogP contribution >= 0.6 is 0 Å². The average Bonchev–Trinajstić information content (AvgIpc) is 2.15. The molecule has 0 spiro atoms. The molecule has 0 rings (SSSR count). The lowest BCUT2D eigenvalue weighted by atomic mass is 10.1. The van der Waals surface area contributed by atoms with Crippen LogP contribution in [0.15, 0.2) is 0 Å². The number of rotatable bonds is 6. The number of carbonyl (C=O) groups is 2. The first-order chi connectivity index (χ1) is 6.86. The summed E-state index contributed by atoms with van der Waals surface area (Å²) in [5, 5.41) is 26.5. The number of nitrogens with zero attached hydrogens (tertiary/aromatic N) is 1. The van der Waals surface area contributed by atoms with Crippen LogP contribution < -0.4 is 0 Å². The zero-order valence-electron chi connectivity index (χ0n) is 8.88. The second kappa shape index (κ2) is 6.36. The Balaban J connectivity index is 3.77. The maximum atomic E-state index is 10.8. The largest absolute Gasteiger partial charge is 0.479 e. The highest BCUT2D eigenvalue weighted by molar-refractivity contribution is 5.73. The summed E-state index contributed by atoms with van der Waals surface area (Å²) in [5.74, 6) is -1.54. The first-order valence-electron chi connectivity index (χ1n) is 4.67. The minimum absolute atomic E-state index is 0.0942. The molecule has 0 heterocycles. The highest BCUT2D eigenvalue weighted by atomic mass is 16.4. The number of hydrogen-bond donors (Lipinski definition) is 3. The van der Waals surface area contributed by atoms with E-state index in [1.807, 2.05) is 0 Å². The van der Waals surface area contributed by atoms with E-state index in [0.717, 1.165) is 0 Å².